The Morgan fingerprint density at radius 2 is 1.97 bits per heavy atom. The third-order valence-electron chi connectivity index (χ3n) is 4.42. The summed E-state index contributed by atoms with van der Waals surface area (Å²) >= 11 is 11.1. The SMILES string of the molecule is Cc1cc(-c2nc3ncccc3o2)ccc1NC(=S)NC(=O)/C=C/c1ccc(Cl)cc1. The van der Waals surface area contributed by atoms with Crippen LogP contribution in [0.2, 0.25) is 5.02 Å². The van der Waals surface area contributed by atoms with E-state index in [2.05, 4.69) is 20.6 Å². The zero-order valence-electron chi connectivity index (χ0n) is 16.4. The van der Waals surface area contributed by atoms with Gasteiger partial charge >= 0.3 is 0 Å². The van der Waals surface area contributed by atoms with Crippen LogP contribution >= 0.6 is 23.8 Å². The molecule has 4 aromatic rings. The Bertz CT molecular complexity index is 1270. The number of fused-ring (bicyclic) bond motifs is 1. The summed E-state index contributed by atoms with van der Waals surface area (Å²) in [5.41, 5.74) is 4.56. The van der Waals surface area contributed by atoms with Crippen LogP contribution in [0.1, 0.15) is 11.1 Å². The number of pyridine rings is 1. The van der Waals surface area contributed by atoms with Gasteiger partial charge in [-0.05, 0) is 78.8 Å². The van der Waals surface area contributed by atoms with Gasteiger partial charge in [0.25, 0.3) is 0 Å². The Labute approximate surface area is 189 Å². The molecule has 0 spiro atoms. The van der Waals surface area contributed by atoms with Gasteiger partial charge in [0.1, 0.15) is 0 Å². The molecule has 0 bridgehead atoms. The molecule has 0 atom stereocenters. The van der Waals surface area contributed by atoms with Crippen molar-refractivity contribution in [2.75, 3.05) is 5.32 Å². The maximum absolute atomic E-state index is 12.1. The second-order valence-electron chi connectivity index (χ2n) is 6.70. The van der Waals surface area contributed by atoms with Crippen molar-refractivity contribution < 1.29 is 9.21 Å². The molecule has 0 aliphatic heterocycles. The molecule has 0 saturated carbocycles. The molecule has 0 fully saturated rings. The highest BCUT2D eigenvalue weighted by atomic mass is 35.5. The number of amides is 1. The van der Waals surface area contributed by atoms with Crippen LogP contribution in [-0.2, 0) is 4.79 Å². The smallest absolute Gasteiger partial charge is 0.250 e. The van der Waals surface area contributed by atoms with Gasteiger partial charge < -0.3 is 9.73 Å². The lowest BCUT2D eigenvalue weighted by molar-refractivity contribution is -0.115. The van der Waals surface area contributed by atoms with Crippen LogP contribution < -0.4 is 10.6 Å². The summed E-state index contributed by atoms with van der Waals surface area (Å²) in [4.78, 5) is 20.7. The van der Waals surface area contributed by atoms with E-state index in [1.54, 1.807) is 30.5 Å². The van der Waals surface area contributed by atoms with E-state index in [0.717, 1.165) is 22.4 Å². The highest BCUT2D eigenvalue weighted by Gasteiger charge is 2.11. The lowest BCUT2D eigenvalue weighted by atomic mass is 10.1. The van der Waals surface area contributed by atoms with Crippen molar-refractivity contribution in [2.24, 2.45) is 0 Å². The first-order valence-corrected chi connectivity index (χ1v) is 10.1. The highest BCUT2D eigenvalue weighted by molar-refractivity contribution is 7.80. The normalized spacial score (nSPS) is 11.0. The molecule has 2 heterocycles. The molecule has 1 amide bonds. The summed E-state index contributed by atoms with van der Waals surface area (Å²) in [6.45, 7) is 1.93. The minimum Gasteiger partial charge on any atom is -0.434 e. The number of carbonyl (C=O) groups is 1. The van der Waals surface area contributed by atoms with Crippen molar-refractivity contribution in [1.82, 2.24) is 15.3 Å². The number of aromatic nitrogens is 2. The predicted octanol–water partition coefficient (Wildman–Crippen LogP) is 5.38. The van der Waals surface area contributed by atoms with E-state index in [9.17, 15) is 4.79 Å². The first kappa shape index (κ1) is 20.7. The van der Waals surface area contributed by atoms with Gasteiger partial charge in [0.2, 0.25) is 11.8 Å². The molecule has 0 saturated heterocycles. The topological polar surface area (TPSA) is 80.1 Å². The second kappa shape index (κ2) is 9.07. The quantitative estimate of drug-likeness (QED) is 0.322. The van der Waals surface area contributed by atoms with Crippen LogP contribution in [0, 0.1) is 6.92 Å². The largest absolute Gasteiger partial charge is 0.434 e. The van der Waals surface area contributed by atoms with E-state index < -0.39 is 0 Å². The molecule has 0 aliphatic carbocycles. The fraction of sp³-hybridized carbons (Fsp3) is 0.0435. The van der Waals surface area contributed by atoms with E-state index in [0.29, 0.717) is 22.1 Å². The third kappa shape index (κ3) is 5.14. The van der Waals surface area contributed by atoms with Crippen LogP contribution in [0.3, 0.4) is 0 Å². The molecular weight excluding hydrogens is 432 g/mol. The summed E-state index contributed by atoms with van der Waals surface area (Å²) in [5, 5.41) is 6.51. The van der Waals surface area contributed by atoms with Crippen molar-refractivity contribution >= 4 is 57.8 Å². The zero-order valence-corrected chi connectivity index (χ0v) is 18.0. The number of nitrogens with zero attached hydrogens (tertiary/aromatic N) is 2. The van der Waals surface area contributed by atoms with Crippen LogP contribution in [0.5, 0.6) is 0 Å². The molecule has 2 aromatic heterocycles. The summed E-state index contributed by atoms with van der Waals surface area (Å²) in [6, 6.07) is 16.4. The zero-order chi connectivity index (χ0) is 21.8. The van der Waals surface area contributed by atoms with Gasteiger partial charge in [-0.2, -0.15) is 4.98 Å². The molecular formula is C23H17ClN4O2S. The van der Waals surface area contributed by atoms with Crippen LogP contribution in [0.25, 0.3) is 28.8 Å². The lowest BCUT2D eigenvalue weighted by Crippen LogP contribution is -2.33. The Kier molecular flexibility index (Phi) is 6.06. The number of carbonyl (C=O) groups excluding carboxylic acids is 1. The number of rotatable bonds is 4. The number of halogens is 1. The summed E-state index contributed by atoms with van der Waals surface area (Å²) in [7, 11) is 0. The maximum atomic E-state index is 12.1. The van der Waals surface area contributed by atoms with E-state index in [1.807, 2.05) is 43.3 Å². The number of oxazole rings is 1. The Morgan fingerprint density at radius 3 is 2.71 bits per heavy atom. The first-order valence-electron chi connectivity index (χ1n) is 9.36. The summed E-state index contributed by atoms with van der Waals surface area (Å²) < 4.78 is 5.76. The fourth-order valence-corrected chi connectivity index (χ4v) is 3.22. The Morgan fingerprint density at radius 1 is 1.16 bits per heavy atom. The molecule has 2 aromatic carbocycles. The van der Waals surface area contributed by atoms with Gasteiger partial charge in [0.15, 0.2) is 16.3 Å². The first-order chi connectivity index (χ1) is 15.0. The van der Waals surface area contributed by atoms with Crippen molar-refractivity contribution in [3.05, 3.63) is 83.0 Å². The average molecular weight is 449 g/mol. The van der Waals surface area contributed by atoms with Crippen LogP contribution in [0.4, 0.5) is 5.69 Å². The number of hydrogen-bond acceptors (Lipinski definition) is 5. The molecule has 0 unspecified atom stereocenters. The van der Waals surface area contributed by atoms with Crippen molar-refractivity contribution in [3.63, 3.8) is 0 Å². The van der Waals surface area contributed by atoms with E-state index >= 15 is 0 Å². The van der Waals surface area contributed by atoms with E-state index in [1.165, 1.54) is 6.08 Å². The van der Waals surface area contributed by atoms with Crippen molar-refractivity contribution in [2.45, 2.75) is 6.92 Å². The molecule has 8 heteroatoms. The van der Waals surface area contributed by atoms with E-state index in [-0.39, 0.29) is 11.0 Å². The number of thiocarbonyl (C=S) groups is 1. The fourth-order valence-electron chi connectivity index (χ4n) is 2.88. The summed E-state index contributed by atoms with van der Waals surface area (Å²) in [6.07, 6.45) is 4.77. The summed E-state index contributed by atoms with van der Waals surface area (Å²) in [5.74, 6) is 0.160. The molecule has 6 nitrogen and oxygen atoms in total. The Hall–Kier alpha value is -3.55. The molecule has 4 rings (SSSR count). The minimum absolute atomic E-state index is 0.202. The molecule has 154 valence electrons. The van der Waals surface area contributed by atoms with E-state index in [4.69, 9.17) is 28.2 Å². The van der Waals surface area contributed by atoms with Crippen LogP contribution in [0.15, 0.2) is 71.3 Å². The number of anilines is 1. The average Bonchev–Trinajstić information content (AvgIpc) is 3.19. The standard InChI is InChI=1S/C23H17ClN4O2S/c1-14-13-16(22-28-21-19(30-22)3-2-12-25-21)7-10-18(14)26-23(31)27-20(29)11-6-15-4-8-17(24)9-5-15/h2-13H,1H3,(H2,26,27,29,31)/b11-6+. The number of benzene rings is 2. The van der Waals surface area contributed by atoms with Gasteiger partial charge in [-0.25, -0.2) is 4.98 Å². The van der Waals surface area contributed by atoms with Crippen LogP contribution in [-0.4, -0.2) is 21.0 Å². The highest BCUT2D eigenvalue weighted by Crippen LogP contribution is 2.26. The maximum Gasteiger partial charge on any atom is 0.250 e. The van der Waals surface area contributed by atoms with Gasteiger partial charge in [0.05, 0.1) is 0 Å². The lowest BCUT2D eigenvalue weighted by Gasteiger charge is -2.11. The molecule has 0 aliphatic rings. The van der Waals surface area contributed by atoms with Gasteiger partial charge in [-0.15, -0.1) is 0 Å². The molecule has 0 radical (unpaired) electrons. The van der Waals surface area contributed by atoms with Crippen molar-refractivity contribution in [1.29, 1.82) is 0 Å². The predicted molar refractivity (Wildman–Crippen MR) is 127 cm³/mol. The van der Waals surface area contributed by atoms with Gasteiger partial charge in [-0.3, -0.25) is 10.1 Å². The van der Waals surface area contributed by atoms with Gasteiger partial charge in [0, 0.05) is 28.5 Å². The second-order valence-corrected chi connectivity index (χ2v) is 7.55. The monoisotopic (exact) mass is 448 g/mol. The minimum atomic E-state index is -0.333. The number of aryl methyl sites for hydroxylation is 1. The van der Waals surface area contributed by atoms with Gasteiger partial charge in [-0.1, -0.05) is 23.7 Å². The third-order valence-corrected chi connectivity index (χ3v) is 4.88. The van der Waals surface area contributed by atoms with Crippen molar-refractivity contribution in [3.8, 4) is 11.5 Å². The Balaban J connectivity index is 1.40. The number of hydrogen-bond donors (Lipinski definition) is 2. The molecule has 2 N–H and O–H groups in total. The molecule has 31 heavy (non-hydrogen) atoms. The number of nitrogens with one attached hydrogen (secondary N) is 2.